The van der Waals surface area contributed by atoms with E-state index in [-0.39, 0.29) is 12.4 Å². The zero-order valence-corrected chi connectivity index (χ0v) is 11.9. The second kappa shape index (κ2) is 12.3. The summed E-state index contributed by atoms with van der Waals surface area (Å²) in [7, 11) is 4.40. The standard InChI is InChI=1S/C13H29N.ClH/c1-5-7-8-9-10-11-12-13(6-2)14(3)4;/h13H,5-12H2,1-4H3;1H. The molecule has 0 radical (unpaired) electrons. The third-order valence-corrected chi connectivity index (χ3v) is 3.09. The van der Waals surface area contributed by atoms with Crippen LogP contribution in [0.3, 0.4) is 0 Å². The zero-order valence-electron chi connectivity index (χ0n) is 11.1. The van der Waals surface area contributed by atoms with Gasteiger partial charge in [-0.15, -0.1) is 12.4 Å². The lowest BCUT2D eigenvalue weighted by molar-refractivity contribution is 0.264. The van der Waals surface area contributed by atoms with E-state index in [2.05, 4.69) is 32.8 Å². The molecule has 1 atom stereocenters. The molecular weight excluding hydrogens is 206 g/mol. The van der Waals surface area contributed by atoms with E-state index in [1.165, 1.54) is 51.4 Å². The number of halogens is 1. The molecular formula is C13H30ClN. The van der Waals surface area contributed by atoms with Gasteiger partial charge < -0.3 is 4.90 Å². The summed E-state index contributed by atoms with van der Waals surface area (Å²) < 4.78 is 0. The lowest BCUT2D eigenvalue weighted by Crippen LogP contribution is -2.26. The van der Waals surface area contributed by atoms with Gasteiger partial charge in [0.05, 0.1) is 0 Å². The predicted octanol–water partition coefficient (Wildman–Crippen LogP) is 4.50. The maximum absolute atomic E-state index is 2.37. The normalized spacial score (nSPS) is 12.6. The molecule has 2 heteroatoms. The summed E-state index contributed by atoms with van der Waals surface area (Å²) in [6.07, 6.45) is 11.2. The van der Waals surface area contributed by atoms with Crippen LogP contribution in [-0.2, 0) is 0 Å². The van der Waals surface area contributed by atoms with Crippen LogP contribution in [0.5, 0.6) is 0 Å². The average molecular weight is 236 g/mol. The Balaban J connectivity index is 0. The van der Waals surface area contributed by atoms with E-state index in [0.29, 0.717) is 0 Å². The minimum absolute atomic E-state index is 0. The number of hydrogen-bond acceptors (Lipinski definition) is 1. The van der Waals surface area contributed by atoms with Gasteiger partial charge in [-0.1, -0.05) is 52.4 Å². The van der Waals surface area contributed by atoms with Crippen molar-refractivity contribution in [2.45, 2.75) is 71.3 Å². The van der Waals surface area contributed by atoms with Crippen LogP contribution in [0.2, 0.25) is 0 Å². The SMILES string of the molecule is CCCCCCCCC(CC)N(C)C.Cl. The van der Waals surface area contributed by atoms with Crippen LogP contribution in [-0.4, -0.2) is 25.0 Å². The van der Waals surface area contributed by atoms with Crippen LogP contribution in [0.1, 0.15) is 65.2 Å². The maximum Gasteiger partial charge on any atom is 0.00865 e. The number of hydrogen-bond donors (Lipinski definition) is 0. The van der Waals surface area contributed by atoms with E-state index in [1.54, 1.807) is 0 Å². The molecule has 15 heavy (non-hydrogen) atoms. The highest BCUT2D eigenvalue weighted by Crippen LogP contribution is 2.12. The van der Waals surface area contributed by atoms with Crippen molar-refractivity contribution in [3.8, 4) is 0 Å². The van der Waals surface area contributed by atoms with Crippen molar-refractivity contribution in [3.05, 3.63) is 0 Å². The average Bonchev–Trinajstić information content (AvgIpc) is 2.16. The molecule has 1 nitrogen and oxygen atoms in total. The summed E-state index contributed by atoms with van der Waals surface area (Å²) in [6.45, 7) is 4.57. The van der Waals surface area contributed by atoms with E-state index in [4.69, 9.17) is 0 Å². The van der Waals surface area contributed by atoms with Crippen molar-refractivity contribution in [2.24, 2.45) is 0 Å². The molecule has 1 unspecified atom stereocenters. The molecule has 0 amide bonds. The molecule has 0 saturated heterocycles. The van der Waals surface area contributed by atoms with Crippen LogP contribution in [0, 0.1) is 0 Å². The van der Waals surface area contributed by atoms with Crippen molar-refractivity contribution in [3.63, 3.8) is 0 Å². The summed E-state index contributed by atoms with van der Waals surface area (Å²) in [5.41, 5.74) is 0. The van der Waals surface area contributed by atoms with Gasteiger partial charge in [-0.05, 0) is 26.9 Å². The fourth-order valence-electron chi connectivity index (χ4n) is 1.99. The smallest absolute Gasteiger partial charge is 0.00865 e. The van der Waals surface area contributed by atoms with Crippen molar-refractivity contribution in [1.29, 1.82) is 0 Å². The van der Waals surface area contributed by atoms with Gasteiger partial charge in [0, 0.05) is 6.04 Å². The van der Waals surface area contributed by atoms with E-state index in [0.717, 1.165) is 6.04 Å². The Labute approximate surface area is 103 Å². The molecule has 0 spiro atoms. The van der Waals surface area contributed by atoms with Crippen molar-refractivity contribution >= 4 is 12.4 Å². The Morgan fingerprint density at radius 2 is 1.40 bits per heavy atom. The summed E-state index contributed by atoms with van der Waals surface area (Å²) in [4.78, 5) is 2.37. The summed E-state index contributed by atoms with van der Waals surface area (Å²) in [6, 6.07) is 0.807. The van der Waals surface area contributed by atoms with E-state index < -0.39 is 0 Å². The maximum atomic E-state index is 2.37. The van der Waals surface area contributed by atoms with Crippen LogP contribution in [0.4, 0.5) is 0 Å². The van der Waals surface area contributed by atoms with Crippen LogP contribution < -0.4 is 0 Å². The number of rotatable bonds is 9. The molecule has 0 saturated carbocycles. The molecule has 0 aromatic heterocycles. The Morgan fingerprint density at radius 3 is 1.87 bits per heavy atom. The number of unbranched alkanes of at least 4 members (excludes halogenated alkanes) is 5. The Bertz CT molecular complexity index is 115. The molecule has 0 aromatic carbocycles. The summed E-state index contributed by atoms with van der Waals surface area (Å²) in [5.74, 6) is 0. The van der Waals surface area contributed by atoms with E-state index >= 15 is 0 Å². The van der Waals surface area contributed by atoms with Crippen LogP contribution in [0.25, 0.3) is 0 Å². The lowest BCUT2D eigenvalue weighted by Gasteiger charge is -2.22. The highest BCUT2D eigenvalue weighted by molar-refractivity contribution is 5.85. The molecule has 0 bridgehead atoms. The van der Waals surface area contributed by atoms with Gasteiger partial charge in [-0.2, -0.15) is 0 Å². The topological polar surface area (TPSA) is 3.24 Å². The molecule has 0 aliphatic rings. The molecule has 0 N–H and O–H groups in total. The fourth-order valence-corrected chi connectivity index (χ4v) is 1.99. The van der Waals surface area contributed by atoms with Gasteiger partial charge in [0.1, 0.15) is 0 Å². The Hall–Kier alpha value is 0.250. The molecule has 94 valence electrons. The van der Waals surface area contributed by atoms with Crippen molar-refractivity contribution < 1.29 is 0 Å². The Morgan fingerprint density at radius 1 is 0.867 bits per heavy atom. The minimum atomic E-state index is 0. The fraction of sp³-hybridized carbons (Fsp3) is 1.00. The van der Waals surface area contributed by atoms with Crippen LogP contribution >= 0.6 is 12.4 Å². The van der Waals surface area contributed by atoms with Crippen LogP contribution in [0.15, 0.2) is 0 Å². The molecule has 0 aromatic rings. The molecule has 0 fully saturated rings. The van der Waals surface area contributed by atoms with Crippen molar-refractivity contribution in [2.75, 3.05) is 14.1 Å². The van der Waals surface area contributed by atoms with Gasteiger partial charge in [-0.3, -0.25) is 0 Å². The first-order chi connectivity index (χ1) is 6.72. The zero-order chi connectivity index (χ0) is 10.8. The molecule has 0 aliphatic carbocycles. The summed E-state index contributed by atoms with van der Waals surface area (Å²) in [5, 5.41) is 0. The number of nitrogens with zero attached hydrogens (tertiary/aromatic N) is 1. The Kier molecular flexibility index (Phi) is 14.5. The first-order valence-electron chi connectivity index (χ1n) is 6.38. The largest absolute Gasteiger partial charge is 0.306 e. The van der Waals surface area contributed by atoms with E-state index in [1.807, 2.05) is 0 Å². The van der Waals surface area contributed by atoms with Gasteiger partial charge >= 0.3 is 0 Å². The summed E-state index contributed by atoms with van der Waals surface area (Å²) >= 11 is 0. The van der Waals surface area contributed by atoms with E-state index in [9.17, 15) is 0 Å². The second-order valence-electron chi connectivity index (χ2n) is 4.58. The van der Waals surface area contributed by atoms with Crippen molar-refractivity contribution in [1.82, 2.24) is 4.90 Å². The van der Waals surface area contributed by atoms with Gasteiger partial charge in [0.25, 0.3) is 0 Å². The highest BCUT2D eigenvalue weighted by atomic mass is 35.5. The first kappa shape index (κ1) is 17.6. The molecule has 0 aliphatic heterocycles. The first-order valence-corrected chi connectivity index (χ1v) is 6.38. The quantitative estimate of drug-likeness (QED) is 0.532. The highest BCUT2D eigenvalue weighted by Gasteiger charge is 2.07. The third-order valence-electron chi connectivity index (χ3n) is 3.09. The van der Waals surface area contributed by atoms with Gasteiger partial charge in [0.2, 0.25) is 0 Å². The lowest BCUT2D eigenvalue weighted by atomic mass is 10.0. The molecule has 0 heterocycles. The second-order valence-corrected chi connectivity index (χ2v) is 4.58. The van der Waals surface area contributed by atoms with Gasteiger partial charge in [0.15, 0.2) is 0 Å². The monoisotopic (exact) mass is 235 g/mol. The third kappa shape index (κ3) is 10.5. The molecule has 0 rings (SSSR count). The predicted molar refractivity (Wildman–Crippen MR) is 73.0 cm³/mol. The minimum Gasteiger partial charge on any atom is -0.306 e. The van der Waals surface area contributed by atoms with Gasteiger partial charge in [-0.25, -0.2) is 0 Å².